The summed E-state index contributed by atoms with van der Waals surface area (Å²) in [6.07, 6.45) is 2.04. The number of hydrogen-bond acceptors (Lipinski definition) is 6. The summed E-state index contributed by atoms with van der Waals surface area (Å²) in [5.74, 6) is 0.485. The number of piperidine rings is 1. The Kier molecular flexibility index (Phi) is 3.44. The van der Waals surface area contributed by atoms with Crippen molar-refractivity contribution in [1.82, 2.24) is 18.0 Å². The van der Waals surface area contributed by atoms with Crippen LogP contribution in [-0.4, -0.2) is 59.1 Å². The van der Waals surface area contributed by atoms with E-state index in [9.17, 15) is 8.42 Å². The van der Waals surface area contributed by atoms with Gasteiger partial charge >= 0.3 is 0 Å². The van der Waals surface area contributed by atoms with Gasteiger partial charge in [-0.25, -0.2) is 8.42 Å². The van der Waals surface area contributed by atoms with Crippen LogP contribution < -0.4 is 0 Å². The zero-order chi connectivity index (χ0) is 15.3. The van der Waals surface area contributed by atoms with Gasteiger partial charge in [-0.3, -0.25) is 0 Å². The van der Waals surface area contributed by atoms with E-state index in [1.807, 2.05) is 0 Å². The van der Waals surface area contributed by atoms with Crippen LogP contribution in [0.3, 0.4) is 0 Å². The van der Waals surface area contributed by atoms with Gasteiger partial charge < -0.3 is 4.90 Å². The second-order valence-corrected chi connectivity index (χ2v) is 8.56. The van der Waals surface area contributed by atoms with Gasteiger partial charge in [0.05, 0.1) is 11.7 Å². The Morgan fingerprint density at radius 2 is 2.05 bits per heavy atom. The Hall–Kier alpha value is -1.09. The third-order valence-corrected chi connectivity index (χ3v) is 7.35. The molecule has 0 amide bonds. The quantitative estimate of drug-likeness (QED) is 0.828. The van der Waals surface area contributed by atoms with Crippen molar-refractivity contribution in [3.05, 3.63) is 18.2 Å². The molecule has 0 aliphatic carbocycles. The van der Waals surface area contributed by atoms with Crippen LogP contribution in [0.1, 0.15) is 12.8 Å². The van der Waals surface area contributed by atoms with E-state index < -0.39 is 10.0 Å². The van der Waals surface area contributed by atoms with E-state index in [2.05, 4.69) is 20.7 Å². The van der Waals surface area contributed by atoms with Gasteiger partial charge in [-0.2, -0.15) is 13.1 Å². The SMILES string of the molecule is CN1CC[C@H]2CCN(S(=O)(=O)c3cccc4nsnc34)[C@H]2C1. The molecule has 2 aromatic rings. The first-order chi connectivity index (χ1) is 10.6. The van der Waals surface area contributed by atoms with E-state index in [-0.39, 0.29) is 6.04 Å². The van der Waals surface area contributed by atoms with E-state index >= 15 is 0 Å². The number of sulfonamides is 1. The average Bonchev–Trinajstić information content (AvgIpc) is 3.12. The minimum atomic E-state index is -3.52. The molecule has 0 radical (unpaired) electrons. The summed E-state index contributed by atoms with van der Waals surface area (Å²) in [5, 5.41) is 0. The monoisotopic (exact) mass is 338 g/mol. The molecule has 1 aromatic heterocycles. The van der Waals surface area contributed by atoms with Gasteiger partial charge in [0, 0.05) is 19.1 Å². The summed E-state index contributed by atoms with van der Waals surface area (Å²) < 4.78 is 36.3. The Bertz CT molecular complexity index is 804. The number of rotatable bonds is 2. The molecule has 0 N–H and O–H groups in total. The molecule has 0 saturated carbocycles. The van der Waals surface area contributed by atoms with Gasteiger partial charge in [0.2, 0.25) is 10.0 Å². The average molecular weight is 338 g/mol. The third-order valence-electron chi connectivity index (χ3n) is 4.85. The van der Waals surface area contributed by atoms with E-state index in [4.69, 9.17) is 0 Å². The first-order valence-electron chi connectivity index (χ1n) is 7.49. The van der Waals surface area contributed by atoms with Gasteiger partial charge in [-0.05, 0) is 44.5 Å². The number of fused-ring (bicyclic) bond motifs is 2. The normalized spacial score (nSPS) is 27.3. The van der Waals surface area contributed by atoms with Crippen molar-refractivity contribution in [2.24, 2.45) is 5.92 Å². The smallest absolute Gasteiger partial charge is 0.245 e. The molecule has 0 bridgehead atoms. The number of benzene rings is 1. The maximum absolute atomic E-state index is 13.2. The minimum absolute atomic E-state index is 0.0885. The summed E-state index contributed by atoms with van der Waals surface area (Å²) in [6.45, 7) is 2.48. The Labute approximate surface area is 134 Å². The molecule has 8 heteroatoms. The molecular weight excluding hydrogens is 320 g/mol. The Balaban J connectivity index is 1.76. The lowest BCUT2D eigenvalue weighted by Crippen LogP contribution is -2.48. The lowest BCUT2D eigenvalue weighted by molar-refractivity contribution is 0.165. The molecule has 0 spiro atoms. The van der Waals surface area contributed by atoms with Crippen LogP contribution in [0.25, 0.3) is 11.0 Å². The summed E-state index contributed by atoms with van der Waals surface area (Å²) in [7, 11) is -1.46. The van der Waals surface area contributed by atoms with Crippen molar-refractivity contribution < 1.29 is 8.42 Å². The topological polar surface area (TPSA) is 66.4 Å². The number of aromatic nitrogens is 2. The summed E-state index contributed by atoms with van der Waals surface area (Å²) >= 11 is 1.06. The van der Waals surface area contributed by atoms with Crippen LogP contribution in [0.4, 0.5) is 0 Å². The van der Waals surface area contributed by atoms with Crippen molar-refractivity contribution >= 4 is 32.8 Å². The second-order valence-electron chi connectivity index (χ2n) is 6.17. The largest absolute Gasteiger partial charge is 0.305 e. The minimum Gasteiger partial charge on any atom is -0.305 e. The third kappa shape index (κ3) is 2.17. The predicted molar refractivity (Wildman–Crippen MR) is 85.3 cm³/mol. The summed E-state index contributed by atoms with van der Waals surface area (Å²) in [4.78, 5) is 2.52. The Morgan fingerprint density at radius 1 is 1.23 bits per heavy atom. The fraction of sp³-hybridized carbons (Fsp3) is 0.571. The number of nitrogens with zero attached hydrogens (tertiary/aromatic N) is 4. The molecule has 2 atom stereocenters. The molecule has 0 unspecified atom stereocenters. The van der Waals surface area contributed by atoms with E-state index in [0.29, 0.717) is 28.4 Å². The number of likely N-dealkylation sites (N-methyl/N-ethyl adjacent to an activating group) is 1. The molecule has 6 nitrogen and oxygen atoms in total. The van der Waals surface area contributed by atoms with Crippen molar-refractivity contribution in [1.29, 1.82) is 0 Å². The molecule has 2 aliphatic heterocycles. The lowest BCUT2D eigenvalue weighted by atomic mass is 9.93. The first kappa shape index (κ1) is 14.5. The molecule has 2 fully saturated rings. The van der Waals surface area contributed by atoms with Gasteiger partial charge in [-0.15, -0.1) is 0 Å². The first-order valence-corrected chi connectivity index (χ1v) is 9.66. The highest BCUT2D eigenvalue weighted by Crippen LogP contribution is 2.36. The molecule has 2 aliphatic rings. The highest BCUT2D eigenvalue weighted by molar-refractivity contribution is 7.89. The van der Waals surface area contributed by atoms with Crippen LogP contribution in [0.2, 0.25) is 0 Å². The molecule has 1 aromatic carbocycles. The summed E-state index contributed by atoms with van der Waals surface area (Å²) in [6, 6.07) is 5.29. The van der Waals surface area contributed by atoms with Crippen LogP contribution in [0.15, 0.2) is 23.1 Å². The molecule has 22 heavy (non-hydrogen) atoms. The van der Waals surface area contributed by atoms with Crippen LogP contribution >= 0.6 is 11.7 Å². The van der Waals surface area contributed by atoms with Crippen molar-refractivity contribution in [3.63, 3.8) is 0 Å². The maximum atomic E-state index is 13.2. The zero-order valence-electron chi connectivity index (χ0n) is 12.3. The standard InChI is InChI=1S/C14H18N4O2S2/c1-17-7-5-10-6-8-18(12(10)9-17)22(19,20)13-4-2-3-11-14(13)16-21-15-11/h2-4,10,12H,5-9H2,1H3/t10-,12-/m0/s1. The fourth-order valence-electron chi connectivity index (χ4n) is 3.67. The highest BCUT2D eigenvalue weighted by Gasteiger charge is 2.44. The van der Waals surface area contributed by atoms with Crippen LogP contribution in [0.5, 0.6) is 0 Å². The second kappa shape index (κ2) is 5.23. The van der Waals surface area contributed by atoms with Crippen molar-refractivity contribution in [3.8, 4) is 0 Å². The zero-order valence-corrected chi connectivity index (χ0v) is 14.0. The molecule has 4 rings (SSSR count). The maximum Gasteiger partial charge on any atom is 0.245 e. The molecule has 118 valence electrons. The van der Waals surface area contributed by atoms with Crippen LogP contribution in [0, 0.1) is 5.92 Å². The van der Waals surface area contributed by atoms with Crippen molar-refractivity contribution in [2.45, 2.75) is 23.8 Å². The van der Waals surface area contributed by atoms with Gasteiger partial charge in [0.15, 0.2) is 0 Å². The van der Waals surface area contributed by atoms with E-state index in [1.54, 1.807) is 22.5 Å². The van der Waals surface area contributed by atoms with Crippen LogP contribution in [-0.2, 0) is 10.0 Å². The lowest BCUT2D eigenvalue weighted by Gasteiger charge is -2.36. The molecular formula is C14H18N4O2S2. The highest BCUT2D eigenvalue weighted by atomic mass is 32.2. The van der Waals surface area contributed by atoms with Gasteiger partial charge in [0.25, 0.3) is 0 Å². The Morgan fingerprint density at radius 3 is 2.91 bits per heavy atom. The molecule has 2 saturated heterocycles. The van der Waals surface area contributed by atoms with E-state index in [1.165, 1.54) is 0 Å². The van der Waals surface area contributed by atoms with Crippen molar-refractivity contribution in [2.75, 3.05) is 26.7 Å². The predicted octanol–water partition coefficient (Wildman–Crippen LogP) is 1.41. The van der Waals surface area contributed by atoms with Gasteiger partial charge in [-0.1, -0.05) is 6.07 Å². The van der Waals surface area contributed by atoms with Gasteiger partial charge in [0.1, 0.15) is 15.9 Å². The number of hydrogen-bond donors (Lipinski definition) is 0. The fourth-order valence-corrected chi connectivity index (χ4v) is 6.12. The number of likely N-dealkylation sites (tertiary alicyclic amines) is 1. The summed E-state index contributed by atoms with van der Waals surface area (Å²) in [5.41, 5.74) is 1.16. The molecule has 3 heterocycles. The van der Waals surface area contributed by atoms with E-state index in [0.717, 1.165) is 37.7 Å².